The van der Waals surface area contributed by atoms with Gasteiger partial charge in [-0.3, -0.25) is 4.79 Å². The zero-order valence-corrected chi connectivity index (χ0v) is 9.65. The normalized spacial score (nSPS) is 10.2. The molecule has 0 atom stereocenters. The lowest BCUT2D eigenvalue weighted by Gasteiger charge is -2.04. The Hall–Kier alpha value is -2.01. The number of phenols is 1. The Bertz CT molecular complexity index is 566. The van der Waals surface area contributed by atoms with Gasteiger partial charge in [-0.25, -0.2) is 0 Å². The summed E-state index contributed by atoms with van der Waals surface area (Å²) in [4.78, 5) is 11.8. The Balaban J connectivity index is 2.22. The van der Waals surface area contributed by atoms with E-state index < -0.39 is 5.91 Å². The maximum atomic E-state index is 11.8. The summed E-state index contributed by atoms with van der Waals surface area (Å²) in [6, 6.07) is 5.79. The fraction of sp³-hybridized carbons (Fsp3) is 0.0909. The summed E-state index contributed by atoms with van der Waals surface area (Å²) in [6.45, 7) is 1.71. The largest absolute Gasteiger partial charge is 0.507 e. The third kappa shape index (κ3) is 2.57. The maximum absolute atomic E-state index is 11.8. The molecule has 2 rings (SSSR count). The topological polar surface area (TPSA) is 75.4 Å². The Morgan fingerprint density at radius 2 is 2.24 bits per heavy atom. The van der Waals surface area contributed by atoms with E-state index in [0.29, 0.717) is 10.8 Å². The molecule has 2 N–H and O–H groups in total. The molecule has 0 aliphatic carbocycles. The standard InChI is InChI=1S/C11H9ClN2O3/c1-6-4-10(14-17-6)13-11(16)8-5-7(12)2-3-9(8)15/h2-5,15H,1H3,(H,13,14,16). The number of carbonyl (C=O) groups excluding carboxylic acids is 1. The highest BCUT2D eigenvalue weighted by Crippen LogP contribution is 2.22. The van der Waals surface area contributed by atoms with Gasteiger partial charge in [-0.15, -0.1) is 0 Å². The van der Waals surface area contributed by atoms with Crippen LogP contribution in [0.3, 0.4) is 0 Å². The minimum atomic E-state index is -0.502. The molecule has 6 heteroatoms. The molecule has 0 radical (unpaired) electrons. The van der Waals surface area contributed by atoms with E-state index in [0.717, 1.165) is 0 Å². The molecule has 1 amide bonds. The van der Waals surface area contributed by atoms with E-state index in [1.165, 1.54) is 18.2 Å². The van der Waals surface area contributed by atoms with Crippen LogP contribution in [0, 0.1) is 6.92 Å². The Morgan fingerprint density at radius 1 is 1.47 bits per heavy atom. The van der Waals surface area contributed by atoms with Crippen molar-refractivity contribution in [1.82, 2.24) is 5.16 Å². The molecule has 1 aromatic carbocycles. The number of aryl methyl sites for hydroxylation is 1. The quantitative estimate of drug-likeness (QED) is 0.861. The molecule has 1 heterocycles. The second-order valence-corrected chi connectivity index (χ2v) is 3.87. The van der Waals surface area contributed by atoms with E-state index >= 15 is 0 Å². The molecule has 5 nitrogen and oxygen atoms in total. The number of anilines is 1. The van der Waals surface area contributed by atoms with E-state index in [-0.39, 0.29) is 17.1 Å². The van der Waals surface area contributed by atoms with Gasteiger partial charge in [-0.05, 0) is 25.1 Å². The van der Waals surface area contributed by atoms with Crippen molar-refractivity contribution in [2.75, 3.05) is 5.32 Å². The molecule has 0 spiro atoms. The van der Waals surface area contributed by atoms with E-state index in [2.05, 4.69) is 10.5 Å². The first kappa shape index (κ1) is 11.5. The number of hydrogen-bond donors (Lipinski definition) is 2. The van der Waals surface area contributed by atoms with Crippen molar-refractivity contribution in [3.8, 4) is 5.75 Å². The van der Waals surface area contributed by atoms with E-state index in [4.69, 9.17) is 16.1 Å². The van der Waals surface area contributed by atoms with Crippen molar-refractivity contribution in [2.45, 2.75) is 6.92 Å². The molecule has 88 valence electrons. The lowest BCUT2D eigenvalue weighted by Crippen LogP contribution is -2.12. The van der Waals surface area contributed by atoms with Crippen LogP contribution in [0.5, 0.6) is 5.75 Å². The molecule has 0 fully saturated rings. The summed E-state index contributed by atoms with van der Waals surface area (Å²) < 4.78 is 4.80. The molecule has 0 aliphatic rings. The van der Waals surface area contributed by atoms with Crippen LogP contribution in [0.4, 0.5) is 5.82 Å². The smallest absolute Gasteiger partial charge is 0.260 e. The minimum Gasteiger partial charge on any atom is -0.507 e. The first-order valence-electron chi connectivity index (χ1n) is 4.79. The lowest BCUT2D eigenvalue weighted by atomic mass is 10.2. The first-order chi connectivity index (χ1) is 8.06. The van der Waals surface area contributed by atoms with E-state index in [1.807, 2.05) is 0 Å². The molecule has 1 aromatic heterocycles. The zero-order chi connectivity index (χ0) is 12.4. The third-order valence-corrected chi connectivity index (χ3v) is 2.31. The molecule has 2 aromatic rings. The predicted molar refractivity (Wildman–Crippen MR) is 62.3 cm³/mol. The van der Waals surface area contributed by atoms with Gasteiger partial charge in [0.05, 0.1) is 5.56 Å². The Morgan fingerprint density at radius 3 is 2.88 bits per heavy atom. The van der Waals surface area contributed by atoms with Crippen molar-refractivity contribution >= 4 is 23.3 Å². The van der Waals surface area contributed by atoms with Crippen LogP contribution in [-0.2, 0) is 0 Å². The highest BCUT2D eigenvalue weighted by Gasteiger charge is 2.13. The van der Waals surface area contributed by atoms with Gasteiger partial charge in [0.1, 0.15) is 11.5 Å². The number of aromatic hydroxyl groups is 1. The van der Waals surface area contributed by atoms with Crippen molar-refractivity contribution in [3.05, 3.63) is 40.6 Å². The summed E-state index contributed by atoms with van der Waals surface area (Å²) in [5, 5.41) is 16.0. The number of benzene rings is 1. The SMILES string of the molecule is Cc1cc(NC(=O)c2cc(Cl)ccc2O)no1. The van der Waals surface area contributed by atoms with Crippen molar-refractivity contribution in [2.24, 2.45) is 0 Å². The summed E-state index contributed by atoms with van der Waals surface area (Å²) in [7, 11) is 0. The molecule has 0 unspecified atom stereocenters. The number of carbonyl (C=O) groups is 1. The van der Waals surface area contributed by atoms with Gasteiger partial charge in [0, 0.05) is 11.1 Å². The van der Waals surface area contributed by atoms with Crippen molar-refractivity contribution < 1.29 is 14.4 Å². The number of halogens is 1. The summed E-state index contributed by atoms with van der Waals surface area (Å²) in [6.07, 6.45) is 0. The number of rotatable bonds is 2. The second-order valence-electron chi connectivity index (χ2n) is 3.44. The fourth-order valence-corrected chi connectivity index (χ4v) is 1.47. The van der Waals surface area contributed by atoms with Crippen molar-refractivity contribution in [3.63, 3.8) is 0 Å². The van der Waals surface area contributed by atoms with E-state index in [9.17, 15) is 9.90 Å². The van der Waals surface area contributed by atoms with Gasteiger partial charge in [-0.1, -0.05) is 16.8 Å². The number of amides is 1. The van der Waals surface area contributed by atoms with Gasteiger partial charge >= 0.3 is 0 Å². The van der Waals surface area contributed by atoms with Crippen LogP contribution < -0.4 is 5.32 Å². The number of phenolic OH excluding ortho intramolecular Hbond substituents is 1. The van der Waals surface area contributed by atoms with Gasteiger partial charge in [0.15, 0.2) is 5.82 Å². The second kappa shape index (κ2) is 4.47. The summed E-state index contributed by atoms with van der Waals surface area (Å²) in [5.41, 5.74) is 0.0816. The Labute approximate surface area is 102 Å². The fourth-order valence-electron chi connectivity index (χ4n) is 1.30. The van der Waals surface area contributed by atoms with Gasteiger partial charge in [-0.2, -0.15) is 0 Å². The predicted octanol–water partition coefficient (Wildman–Crippen LogP) is 2.59. The molecule has 0 saturated heterocycles. The first-order valence-corrected chi connectivity index (χ1v) is 5.17. The van der Waals surface area contributed by atoms with Gasteiger partial charge in [0.2, 0.25) is 0 Å². The third-order valence-electron chi connectivity index (χ3n) is 2.07. The van der Waals surface area contributed by atoms with Crippen LogP contribution in [0.15, 0.2) is 28.8 Å². The van der Waals surface area contributed by atoms with Crippen LogP contribution in [0.2, 0.25) is 5.02 Å². The molecule has 0 bridgehead atoms. The average molecular weight is 253 g/mol. The average Bonchev–Trinajstić information content (AvgIpc) is 2.67. The Kier molecular flexibility index (Phi) is 3.01. The monoisotopic (exact) mass is 252 g/mol. The lowest BCUT2D eigenvalue weighted by molar-refractivity contribution is 0.102. The van der Waals surface area contributed by atoms with Crippen molar-refractivity contribution in [1.29, 1.82) is 0 Å². The number of aromatic nitrogens is 1. The molecular formula is C11H9ClN2O3. The maximum Gasteiger partial charge on any atom is 0.260 e. The number of nitrogens with zero attached hydrogens (tertiary/aromatic N) is 1. The molecule has 0 aliphatic heterocycles. The molecule has 0 saturated carbocycles. The highest BCUT2D eigenvalue weighted by atomic mass is 35.5. The van der Waals surface area contributed by atoms with Crippen LogP contribution >= 0.6 is 11.6 Å². The highest BCUT2D eigenvalue weighted by molar-refractivity contribution is 6.31. The van der Waals surface area contributed by atoms with Crippen LogP contribution in [0.1, 0.15) is 16.1 Å². The van der Waals surface area contributed by atoms with E-state index in [1.54, 1.807) is 13.0 Å². The number of hydrogen-bond acceptors (Lipinski definition) is 4. The molecule has 17 heavy (non-hydrogen) atoms. The minimum absolute atomic E-state index is 0.0816. The van der Waals surface area contributed by atoms with Gasteiger partial charge < -0.3 is 14.9 Å². The van der Waals surface area contributed by atoms with Crippen LogP contribution in [-0.4, -0.2) is 16.2 Å². The van der Waals surface area contributed by atoms with Crippen LogP contribution in [0.25, 0.3) is 0 Å². The van der Waals surface area contributed by atoms with Gasteiger partial charge in [0.25, 0.3) is 5.91 Å². The summed E-state index contributed by atoms with van der Waals surface area (Å²) >= 11 is 5.74. The number of nitrogens with one attached hydrogen (secondary N) is 1. The summed E-state index contributed by atoms with van der Waals surface area (Å²) in [5.74, 6) is 0.216. The zero-order valence-electron chi connectivity index (χ0n) is 8.90. The molecular weight excluding hydrogens is 244 g/mol.